The molecule has 0 bridgehead atoms. The number of imidazole rings is 1. The minimum Gasteiger partial charge on any atom is -0.480 e. The topological polar surface area (TPSA) is 183 Å². The SMILES string of the molecule is [2H]N([2H])[C@@]([2H])(CC[S+](C)C[C@H]1O[C@@H](n2cnc3c(N)ncnc32)[C@H](O)[C@@H]1O)C(=O)O. The lowest BCUT2D eigenvalue weighted by Gasteiger charge is -2.16. The molecule has 0 aromatic carbocycles. The van der Waals surface area contributed by atoms with Gasteiger partial charge in [-0.05, 0) is 10.9 Å². The quantitative estimate of drug-likeness (QED) is 0.312. The summed E-state index contributed by atoms with van der Waals surface area (Å²) in [4.78, 5) is 23.3. The number of anilines is 1. The molecule has 11 nitrogen and oxygen atoms in total. The molecule has 0 radical (unpaired) electrons. The van der Waals surface area contributed by atoms with Crippen LogP contribution in [0.15, 0.2) is 12.7 Å². The molecule has 27 heavy (non-hydrogen) atoms. The minimum absolute atomic E-state index is 0.134. The summed E-state index contributed by atoms with van der Waals surface area (Å²) in [6.45, 7) is 0. The summed E-state index contributed by atoms with van der Waals surface area (Å²) in [5, 5.41) is 30.1. The number of nitrogen functional groups attached to an aromatic ring is 1. The van der Waals surface area contributed by atoms with Crippen molar-refractivity contribution in [1.29, 1.82) is 0 Å². The summed E-state index contributed by atoms with van der Waals surface area (Å²) in [7, 11) is -0.511. The van der Waals surface area contributed by atoms with Crippen molar-refractivity contribution in [2.45, 2.75) is 37.0 Å². The van der Waals surface area contributed by atoms with Gasteiger partial charge in [0, 0.05) is 6.42 Å². The van der Waals surface area contributed by atoms with Crippen LogP contribution in [0.5, 0.6) is 0 Å². The Morgan fingerprint density at radius 3 is 2.96 bits per heavy atom. The Morgan fingerprint density at radius 2 is 2.26 bits per heavy atom. The zero-order valence-electron chi connectivity index (χ0n) is 17.5. The van der Waals surface area contributed by atoms with E-state index in [0.29, 0.717) is 16.9 Å². The van der Waals surface area contributed by atoms with Crippen LogP contribution < -0.4 is 11.5 Å². The maximum absolute atomic E-state index is 11.2. The predicted octanol–water partition coefficient (Wildman–Crippen LogP) is -1.92. The molecule has 0 aliphatic carbocycles. The third kappa shape index (κ3) is 3.99. The van der Waals surface area contributed by atoms with Crippen LogP contribution in [0.4, 0.5) is 5.82 Å². The first-order chi connectivity index (χ1) is 14.1. The molecule has 2 aromatic heterocycles. The monoisotopic (exact) mass is 402 g/mol. The smallest absolute Gasteiger partial charge is 0.320 e. The highest BCUT2D eigenvalue weighted by Gasteiger charge is 2.46. The fraction of sp³-hybridized carbons (Fsp3) is 0.600. The number of nitrogens with two attached hydrogens (primary N) is 2. The maximum atomic E-state index is 11.2. The largest absolute Gasteiger partial charge is 0.480 e. The van der Waals surface area contributed by atoms with Crippen LogP contribution in [0.25, 0.3) is 11.2 Å². The van der Waals surface area contributed by atoms with Gasteiger partial charge < -0.3 is 31.5 Å². The summed E-state index contributed by atoms with van der Waals surface area (Å²) in [6.07, 6.45) is 0.0469. The Bertz CT molecular complexity index is 922. The number of carboxylic acid groups (broad SMARTS) is 1. The molecule has 1 aliphatic heterocycles. The van der Waals surface area contributed by atoms with Crippen molar-refractivity contribution in [3.05, 3.63) is 12.7 Å². The van der Waals surface area contributed by atoms with Gasteiger partial charge in [0.05, 0.1) is 14.0 Å². The second-order valence-corrected chi connectivity index (χ2v) is 8.59. The zero-order chi connectivity index (χ0) is 22.2. The molecule has 1 fully saturated rings. The second-order valence-electron chi connectivity index (χ2n) is 6.28. The lowest BCUT2D eigenvalue weighted by molar-refractivity contribution is -0.138. The Kier molecular flexibility index (Phi) is 4.71. The number of aromatic nitrogens is 4. The number of aliphatic hydroxyl groups excluding tert-OH is 2. The van der Waals surface area contributed by atoms with Gasteiger partial charge in [0.15, 0.2) is 17.7 Å². The summed E-state index contributed by atoms with van der Waals surface area (Å²) in [5.74, 6) is -0.877. The molecule has 1 aliphatic rings. The van der Waals surface area contributed by atoms with Crippen LogP contribution >= 0.6 is 0 Å². The van der Waals surface area contributed by atoms with E-state index in [2.05, 4.69) is 15.0 Å². The predicted molar refractivity (Wildman–Crippen MR) is 98.9 cm³/mol. The minimum atomic E-state index is -2.38. The summed E-state index contributed by atoms with van der Waals surface area (Å²) in [6, 6.07) is -2.38. The van der Waals surface area contributed by atoms with E-state index in [4.69, 9.17) is 19.8 Å². The van der Waals surface area contributed by atoms with E-state index < -0.39 is 47.4 Å². The first-order valence-corrected chi connectivity index (χ1v) is 10.1. The van der Waals surface area contributed by atoms with Crippen molar-refractivity contribution in [2.75, 3.05) is 23.5 Å². The van der Waals surface area contributed by atoms with Crippen molar-refractivity contribution in [1.82, 2.24) is 19.5 Å². The Hall–Kier alpha value is -1.99. The fourth-order valence-corrected chi connectivity index (χ4v) is 4.44. The van der Waals surface area contributed by atoms with Crippen LogP contribution in [0, 0.1) is 0 Å². The van der Waals surface area contributed by atoms with E-state index >= 15 is 0 Å². The summed E-state index contributed by atoms with van der Waals surface area (Å²) >= 11 is 0. The molecule has 2 aromatic rings. The van der Waals surface area contributed by atoms with Gasteiger partial charge in [-0.25, -0.2) is 15.0 Å². The highest BCUT2D eigenvalue weighted by Crippen LogP contribution is 2.32. The number of aliphatic carboxylic acids is 1. The van der Waals surface area contributed by atoms with Gasteiger partial charge in [-0.1, -0.05) is 0 Å². The van der Waals surface area contributed by atoms with Crippen molar-refractivity contribution in [3.63, 3.8) is 0 Å². The van der Waals surface area contributed by atoms with Crippen molar-refractivity contribution in [3.8, 4) is 0 Å². The summed E-state index contributed by atoms with van der Waals surface area (Å²) in [5.41, 5.74) is 6.33. The molecule has 1 unspecified atom stereocenters. The number of fused-ring (bicyclic) bond motifs is 1. The van der Waals surface area contributed by atoms with Crippen LogP contribution in [-0.2, 0) is 20.4 Å². The van der Waals surface area contributed by atoms with Gasteiger partial charge in [-0.2, -0.15) is 0 Å². The van der Waals surface area contributed by atoms with Crippen LogP contribution in [0.3, 0.4) is 0 Å². The molecule has 148 valence electrons. The lowest BCUT2D eigenvalue weighted by Crippen LogP contribution is -2.37. The molecule has 12 heteroatoms. The van der Waals surface area contributed by atoms with Crippen molar-refractivity contribution < 1.29 is 29.0 Å². The van der Waals surface area contributed by atoms with Crippen molar-refractivity contribution >= 4 is 33.8 Å². The van der Waals surface area contributed by atoms with Gasteiger partial charge in [0.2, 0.25) is 0 Å². The first-order valence-electron chi connectivity index (χ1n) is 9.51. The third-order valence-corrected chi connectivity index (χ3v) is 6.18. The Balaban J connectivity index is 1.68. The van der Waals surface area contributed by atoms with E-state index in [9.17, 15) is 15.0 Å². The standard InChI is InChI=1S/C15H22N6O5S/c1-27(3-2-7(16)15(24)25)4-8-10(22)11(23)14(26-8)21-6-20-9-12(17)18-5-19-13(9)21/h5-8,10-11,14,22-23H,2-4,16H2,1H3,(H2-,17,18,19,24,25)/p+1/t7-,8+,10+,11+,14+,27?/m0/s1/i7D/hD2. The number of carboxylic acids is 1. The molecule has 0 spiro atoms. The first kappa shape index (κ1) is 16.0. The van der Waals surface area contributed by atoms with E-state index in [-0.39, 0.29) is 23.7 Å². The second kappa shape index (κ2) is 7.94. The van der Waals surface area contributed by atoms with E-state index in [1.165, 1.54) is 17.2 Å². The number of hydrogen-bond donors (Lipinski definition) is 5. The zero-order valence-corrected chi connectivity index (χ0v) is 15.3. The van der Waals surface area contributed by atoms with Gasteiger partial charge in [-0.3, -0.25) is 9.36 Å². The van der Waals surface area contributed by atoms with Crippen LogP contribution in [0.2, 0.25) is 2.82 Å². The maximum Gasteiger partial charge on any atom is 0.320 e. The van der Waals surface area contributed by atoms with E-state index in [1.807, 2.05) is 0 Å². The molecule has 1 saturated heterocycles. The molecular formula is C15H23N6O5S+. The molecule has 0 amide bonds. The number of nitrogens with zero attached hydrogens (tertiary/aromatic N) is 4. The van der Waals surface area contributed by atoms with Gasteiger partial charge in [-0.15, -0.1) is 0 Å². The number of rotatable bonds is 8. The highest BCUT2D eigenvalue weighted by atomic mass is 32.2. The molecule has 6 atom stereocenters. The number of ether oxygens (including phenoxy) is 1. The summed E-state index contributed by atoms with van der Waals surface area (Å²) < 4.78 is 29.5. The van der Waals surface area contributed by atoms with E-state index in [1.54, 1.807) is 6.26 Å². The molecule has 3 heterocycles. The number of aliphatic hydroxyl groups is 2. The molecule has 3 rings (SSSR count). The fourth-order valence-electron chi connectivity index (χ4n) is 2.89. The molecular weight excluding hydrogens is 376 g/mol. The average molecular weight is 402 g/mol. The van der Waals surface area contributed by atoms with Gasteiger partial charge in [0.25, 0.3) is 0 Å². The Labute approximate surface area is 162 Å². The highest BCUT2D eigenvalue weighted by molar-refractivity contribution is 7.96. The van der Waals surface area contributed by atoms with E-state index in [0.717, 1.165) is 0 Å². The molecule has 0 saturated carbocycles. The van der Waals surface area contributed by atoms with Crippen LogP contribution in [-0.4, -0.2) is 82.9 Å². The lowest BCUT2D eigenvalue weighted by atomic mass is 10.1. The molecule has 7 N–H and O–H groups in total. The van der Waals surface area contributed by atoms with Gasteiger partial charge in [0.1, 0.15) is 50.5 Å². The van der Waals surface area contributed by atoms with Gasteiger partial charge >= 0.3 is 5.97 Å². The number of hydrogen-bond acceptors (Lipinski definition) is 9. The number of carbonyl (C=O) groups is 1. The normalized spacial score (nSPS) is 30.6. The van der Waals surface area contributed by atoms with Crippen LogP contribution in [0.1, 0.15) is 14.0 Å². The third-order valence-electron chi connectivity index (χ3n) is 4.38. The van der Waals surface area contributed by atoms with Crippen molar-refractivity contribution in [2.24, 2.45) is 5.72 Å². The Morgan fingerprint density at radius 1 is 1.48 bits per heavy atom. The average Bonchev–Trinajstić information content (AvgIpc) is 3.23.